The third kappa shape index (κ3) is 4.95. The second kappa shape index (κ2) is 9.79. The predicted octanol–water partition coefficient (Wildman–Crippen LogP) is 3.77. The van der Waals surface area contributed by atoms with Gasteiger partial charge in [0.2, 0.25) is 5.91 Å². The number of aromatic nitrogens is 2. The average molecular weight is 466 g/mol. The van der Waals surface area contributed by atoms with Gasteiger partial charge in [0.15, 0.2) is 5.16 Å². The van der Waals surface area contributed by atoms with E-state index in [4.69, 9.17) is 4.74 Å². The molecule has 0 saturated carbocycles. The Morgan fingerprint density at radius 3 is 2.45 bits per heavy atom. The number of thioether (sulfide) groups is 1. The van der Waals surface area contributed by atoms with Crippen LogP contribution < -0.4 is 5.56 Å². The first-order chi connectivity index (χ1) is 15.9. The molecule has 1 aromatic heterocycles. The van der Waals surface area contributed by atoms with Crippen LogP contribution in [-0.4, -0.2) is 52.3 Å². The summed E-state index contributed by atoms with van der Waals surface area (Å²) in [6.45, 7) is 5.84. The quantitative estimate of drug-likeness (QED) is 0.324. The fourth-order valence-electron chi connectivity index (χ4n) is 4.40. The number of amides is 1. The van der Waals surface area contributed by atoms with E-state index in [1.807, 2.05) is 35.2 Å². The largest absolute Gasteiger partial charge is 0.465 e. The van der Waals surface area contributed by atoms with Crippen LogP contribution in [0.25, 0.3) is 16.6 Å². The Labute approximate surface area is 196 Å². The zero-order chi connectivity index (χ0) is 23.5. The molecular formula is C25H27N3O4S. The fourth-order valence-corrected chi connectivity index (χ4v) is 5.31. The number of benzene rings is 2. The smallest absolute Gasteiger partial charge is 0.337 e. The van der Waals surface area contributed by atoms with Gasteiger partial charge in [0.05, 0.1) is 35.0 Å². The number of fused-ring (bicyclic) bond motifs is 1. The molecule has 2 heterocycles. The SMILES string of the molecule is COC(=O)c1ccc2c(=O)n(-c3ccccc3)c(SCC(=O)N3CC(C)CC(C)C3)nc2c1. The Morgan fingerprint density at radius 2 is 1.79 bits per heavy atom. The average Bonchev–Trinajstić information content (AvgIpc) is 2.81. The maximum Gasteiger partial charge on any atom is 0.337 e. The van der Waals surface area contributed by atoms with E-state index in [-0.39, 0.29) is 17.2 Å². The number of piperidine rings is 1. The van der Waals surface area contributed by atoms with Crippen LogP contribution in [0.2, 0.25) is 0 Å². The van der Waals surface area contributed by atoms with Crippen molar-refractivity contribution in [2.45, 2.75) is 25.4 Å². The van der Waals surface area contributed by atoms with E-state index in [1.165, 1.54) is 23.4 Å². The number of nitrogens with zero attached hydrogens (tertiary/aromatic N) is 3. The minimum atomic E-state index is -0.497. The summed E-state index contributed by atoms with van der Waals surface area (Å²) in [6, 6.07) is 13.9. The Kier molecular flexibility index (Phi) is 6.83. The molecule has 1 amide bonds. The summed E-state index contributed by atoms with van der Waals surface area (Å²) < 4.78 is 6.32. The number of ether oxygens (including phenoxy) is 1. The van der Waals surface area contributed by atoms with Crippen LogP contribution in [-0.2, 0) is 9.53 Å². The van der Waals surface area contributed by atoms with Gasteiger partial charge in [0.1, 0.15) is 0 Å². The number of esters is 1. The maximum atomic E-state index is 13.4. The first-order valence-corrected chi connectivity index (χ1v) is 12.0. The lowest BCUT2D eigenvalue weighted by Gasteiger charge is -2.35. The summed E-state index contributed by atoms with van der Waals surface area (Å²) in [5, 5.41) is 0.799. The molecule has 2 aromatic carbocycles. The van der Waals surface area contributed by atoms with Gasteiger partial charge in [-0.05, 0) is 48.6 Å². The number of likely N-dealkylation sites (tertiary alicyclic amines) is 1. The molecule has 0 aliphatic carbocycles. The molecular weight excluding hydrogens is 438 g/mol. The molecule has 3 aromatic rings. The van der Waals surface area contributed by atoms with Crippen molar-refractivity contribution in [1.82, 2.24) is 14.5 Å². The summed E-state index contributed by atoms with van der Waals surface area (Å²) in [4.78, 5) is 45.0. The lowest BCUT2D eigenvalue weighted by atomic mass is 9.92. The van der Waals surface area contributed by atoms with E-state index in [0.717, 1.165) is 19.5 Å². The van der Waals surface area contributed by atoms with E-state index in [2.05, 4.69) is 18.8 Å². The number of para-hydroxylation sites is 1. The molecule has 0 spiro atoms. The Morgan fingerprint density at radius 1 is 1.09 bits per heavy atom. The van der Waals surface area contributed by atoms with Crippen LogP contribution in [0.15, 0.2) is 58.5 Å². The second-order valence-electron chi connectivity index (χ2n) is 8.63. The Hall–Kier alpha value is -3.13. The highest BCUT2D eigenvalue weighted by Gasteiger charge is 2.26. The van der Waals surface area contributed by atoms with E-state index < -0.39 is 5.97 Å². The van der Waals surface area contributed by atoms with Crippen molar-refractivity contribution < 1.29 is 14.3 Å². The third-order valence-electron chi connectivity index (χ3n) is 5.82. The Balaban J connectivity index is 1.72. The van der Waals surface area contributed by atoms with Crippen molar-refractivity contribution in [2.75, 3.05) is 26.0 Å². The standard InChI is InChI=1S/C25H27N3O4S/c1-16-11-17(2)14-27(13-16)22(29)15-33-25-26-21-12-18(24(31)32-3)9-10-20(21)23(30)28(25)19-7-5-4-6-8-19/h4-10,12,16-17H,11,13-15H2,1-3H3. The van der Waals surface area contributed by atoms with Crippen molar-refractivity contribution in [3.63, 3.8) is 0 Å². The lowest BCUT2D eigenvalue weighted by molar-refractivity contribution is -0.130. The van der Waals surface area contributed by atoms with Gasteiger partial charge in [0, 0.05) is 13.1 Å². The minimum Gasteiger partial charge on any atom is -0.465 e. The van der Waals surface area contributed by atoms with Crippen molar-refractivity contribution in [3.05, 3.63) is 64.4 Å². The molecule has 1 saturated heterocycles. The number of hydrogen-bond acceptors (Lipinski definition) is 6. The number of rotatable bonds is 5. The second-order valence-corrected chi connectivity index (χ2v) is 9.57. The molecule has 2 atom stereocenters. The summed E-state index contributed by atoms with van der Waals surface area (Å²) in [7, 11) is 1.31. The van der Waals surface area contributed by atoms with Crippen LogP contribution >= 0.6 is 11.8 Å². The molecule has 33 heavy (non-hydrogen) atoms. The van der Waals surface area contributed by atoms with Gasteiger partial charge >= 0.3 is 5.97 Å². The van der Waals surface area contributed by atoms with E-state index in [0.29, 0.717) is 39.1 Å². The Bertz CT molecular complexity index is 1230. The lowest BCUT2D eigenvalue weighted by Crippen LogP contribution is -2.43. The third-order valence-corrected chi connectivity index (χ3v) is 6.74. The van der Waals surface area contributed by atoms with E-state index in [9.17, 15) is 14.4 Å². The van der Waals surface area contributed by atoms with Crippen molar-refractivity contribution in [3.8, 4) is 5.69 Å². The summed E-state index contributed by atoms with van der Waals surface area (Å²) in [5.74, 6) is 0.668. The maximum absolute atomic E-state index is 13.4. The van der Waals surface area contributed by atoms with Crippen LogP contribution in [0.3, 0.4) is 0 Å². The highest BCUT2D eigenvalue weighted by molar-refractivity contribution is 7.99. The monoisotopic (exact) mass is 465 g/mol. The van der Waals surface area contributed by atoms with Crippen molar-refractivity contribution >= 4 is 34.5 Å². The highest BCUT2D eigenvalue weighted by Crippen LogP contribution is 2.25. The zero-order valence-corrected chi connectivity index (χ0v) is 19.8. The van der Waals surface area contributed by atoms with E-state index in [1.54, 1.807) is 18.2 Å². The first-order valence-electron chi connectivity index (χ1n) is 11.0. The number of methoxy groups -OCH3 is 1. The molecule has 1 aliphatic rings. The normalized spacial score (nSPS) is 18.3. The molecule has 8 heteroatoms. The van der Waals surface area contributed by atoms with Crippen molar-refractivity contribution in [2.24, 2.45) is 11.8 Å². The molecule has 7 nitrogen and oxygen atoms in total. The van der Waals surface area contributed by atoms with E-state index >= 15 is 0 Å². The zero-order valence-electron chi connectivity index (χ0n) is 19.0. The summed E-state index contributed by atoms with van der Waals surface area (Å²) in [5.41, 5.74) is 1.13. The van der Waals surface area contributed by atoms with Gasteiger partial charge in [-0.25, -0.2) is 9.78 Å². The van der Waals surface area contributed by atoms with Gasteiger partial charge in [-0.15, -0.1) is 0 Å². The van der Waals surface area contributed by atoms with Crippen molar-refractivity contribution in [1.29, 1.82) is 0 Å². The van der Waals surface area contributed by atoms with Gasteiger partial charge in [-0.1, -0.05) is 43.8 Å². The molecule has 1 aliphatic heterocycles. The van der Waals surface area contributed by atoms with Gasteiger partial charge in [-0.3, -0.25) is 14.2 Å². The first kappa shape index (κ1) is 23.0. The highest BCUT2D eigenvalue weighted by atomic mass is 32.2. The van der Waals surface area contributed by atoms with Gasteiger partial charge < -0.3 is 9.64 Å². The van der Waals surface area contributed by atoms with Gasteiger partial charge in [-0.2, -0.15) is 0 Å². The molecule has 0 N–H and O–H groups in total. The molecule has 0 bridgehead atoms. The van der Waals surface area contributed by atoms with Crippen LogP contribution in [0, 0.1) is 11.8 Å². The number of hydrogen-bond donors (Lipinski definition) is 0. The predicted molar refractivity (Wildman–Crippen MR) is 129 cm³/mol. The summed E-state index contributed by atoms with van der Waals surface area (Å²) in [6.07, 6.45) is 1.12. The topological polar surface area (TPSA) is 81.5 Å². The molecule has 2 unspecified atom stereocenters. The molecule has 0 radical (unpaired) electrons. The minimum absolute atomic E-state index is 0.0377. The summed E-state index contributed by atoms with van der Waals surface area (Å²) >= 11 is 1.24. The van der Waals surface area contributed by atoms with Crippen LogP contribution in [0.1, 0.15) is 30.6 Å². The van der Waals surface area contributed by atoms with Crippen LogP contribution in [0.4, 0.5) is 0 Å². The molecule has 4 rings (SSSR count). The van der Waals surface area contributed by atoms with Crippen LogP contribution in [0.5, 0.6) is 0 Å². The molecule has 172 valence electrons. The number of carbonyl (C=O) groups is 2. The van der Waals surface area contributed by atoms with Gasteiger partial charge in [0.25, 0.3) is 5.56 Å². The molecule has 1 fully saturated rings. The number of carbonyl (C=O) groups excluding carboxylic acids is 2. The fraction of sp³-hybridized carbons (Fsp3) is 0.360.